The Hall–Kier alpha value is -4.36. The number of nitrogen functional groups attached to an aromatic ring is 1. The number of carbonyl (C=O) groups is 2. The molecule has 1 aliphatic heterocycles. The summed E-state index contributed by atoms with van der Waals surface area (Å²) in [4.78, 5) is 61.9. The van der Waals surface area contributed by atoms with E-state index < -0.39 is 89.8 Å². The van der Waals surface area contributed by atoms with Gasteiger partial charge in [-0.05, 0) is 89.5 Å². The van der Waals surface area contributed by atoms with E-state index in [9.17, 15) is 48.6 Å². The van der Waals surface area contributed by atoms with Crippen molar-refractivity contribution >= 4 is 33.4 Å². The van der Waals surface area contributed by atoms with Crippen molar-refractivity contribution in [3.63, 3.8) is 0 Å². The van der Waals surface area contributed by atoms with E-state index >= 15 is 0 Å². The van der Waals surface area contributed by atoms with Crippen LogP contribution < -0.4 is 11.4 Å². The molecule has 0 spiro atoms. The number of ether oxygens (including phenoxy) is 3. The van der Waals surface area contributed by atoms with E-state index in [0.717, 1.165) is 75.0 Å². The lowest BCUT2D eigenvalue weighted by atomic mass is 10.1. The highest BCUT2D eigenvalue weighted by atomic mass is 31.3. The van der Waals surface area contributed by atoms with Gasteiger partial charge in [-0.3, -0.25) is 23.2 Å². The summed E-state index contributed by atoms with van der Waals surface area (Å²) in [5.74, 6) is -1.47. The van der Waals surface area contributed by atoms with Gasteiger partial charge in [0.15, 0.2) is 12.3 Å². The molecule has 1 aromatic heterocycles. The minimum atomic E-state index is -5.46. The van der Waals surface area contributed by atoms with E-state index in [1.165, 1.54) is 25.3 Å². The molecule has 1 saturated heterocycles. The first-order chi connectivity index (χ1) is 35.1. The van der Waals surface area contributed by atoms with Gasteiger partial charge in [0.2, 0.25) is 0 Å². The number of phosphoric ester groups is 2. The van der Waals surface area contributed by atoms with E-state index in [2.05, 4.69) is 83.9 Å². The Bertz CT molecular complexity index is 2120. The van der Waals surface area contributed by atoms with Crippen molar-refractivity contribution < 1.29 is 71.4 Å². The number of hydrogen-bond donors (Lipinski definition) is 6. The fourth-order valence-electron chi connectivity index (χ4n) is 6.79. The molecule has 1 aromatic rings. The molecule has 73 heavy (non-hydrogen) atoms. The van der Waals surface area contributed by atoms with Crippen molar-refractivity contribution in [2.75, 3.05) is 25.6 Å². The number of unbranched alkanes of at least 4 members (excludes halogenated alkanes) is 8. The molecule has 1 aliphatic rings. The Kier molecular flexibility index (Phi) is 34.7. The third-order valence-corrected chi connectivity index (χ3v) is 13.3. The standard InChI is InChI=1S/C52H81N3O16P2/c1-3-5-7-9-11-13-14-15-16-17-18-19-20-22-24-28-33-37-48(58)69-44(40-66-47(57)36-32-29-25-27-31-35-43(56)34-30-26-23-21-12-10-8-6-4-2)41-67-72(62,63)71-73(64,65)68-42-45-49(59)50(60)51(70-45)55-39-38-46(53)54-52(55)61/h5,7,11-13,15-16,18-19,21,25-27,30-31,35,38-39,43-45,49-51,56,59-60H,3-4,6,8-10,14,17,20,22-24,28-29,32-34,36-37,40-42H2,1-2H3,(H,62,63)(H,64,65)(H2,53,54,61)/b7-5-,13-11-,16-15-,19-18-,21-12-,27-25+,30-26-,35-31-/t43?,44-,45-,49-,50-,51-/m1/s1. The van der Waals surface area contributed by atoms with Crippen molar-refractivity contribution in [1.82, 2.24) is 9.55 Å². The maximum Gasteiger partial charge on any atom is 0.481 e. The smallest absolute Gasteiger partial charge is 0.462 e. The molecule has 410 valence electrons. The predicted octanol–water partition coefficient (Wildman–Crippen LogP) is 9.41. The second kappa shape index (κ2) is 39.1. The first-order valence-corrected chi connectivity index (χ1v) is 28.3. The number of allylic oxidation sites excluding steroid dienone is 14. The molecule has 19 nitrogen and oxygen atoms in total. The summed E-state index contributed by atoms with van der Waals surface area (Å²) in [6.45, 7) is 1.83. The fraction of sp³-hybridized carbons (Fsp3) is 0.577. The number of rotatable bonds is 40. The highest BCUT2D eigenvalue weighted by Crippen LogP contribution is 2.60. The van der Waals surface area contributed by atoms with Gasteiger partial charge < -0.3 is 45.1 Å². The average molecular weight is 1070 g/mol. The van der Waals surface area contributed by atoms with Crippen molar-refractivity contribution in [1.29, 1.82) is 0 Å². The van der Waals surface area contributed by atoms with Crippen LogP contribution in [0.25, 0.3) is 0 Å². The van der Waals surface area contributed by atoms with Crippen LogP contribution >= 0.6 is 15.6 Å². The quantitative estimate of drug-likeness (QED) is 0.0117. The second-order valence-corrected chi connectivity index (χ2v) is 20.2. The molecule has 0 amide bonds. The Morgan fingerprint density at radius 2 is 1.33 bits per heavy atom. The van der Waals surface area contributed by atoms with E-state index in [0.29, 0.717) is 25.7 Å². The molecule has 0 saturated carbocycles. The zero-order valence-electron chi connectivity index (χ0n) is 42.5. The molecule has 2 rings (SSSR count). The number of carbonyl (C=O) groups excluding carboxylic acids is 2. The van der Waals surface area contributed by atoms with Gasteiger partial charge in [-0.25, -0.2) is 13.9 Å². The molecule has 21 heteroatoms. The molecule has 7 N–H and O–H groups in total. The van der Waals surface area contributed by atoms with Gasteiger partial charge in [0.1, 0.15) is 30.7 Å². The van der Waals surface area contributed by atoms with E-state index in [1.807, 2.05) is 18.2 Å². The topological polar surface area (TPSA) is 286 Å². The Labute approximate surface area is 431 Å². The number of aliphatic hydroxyl groups is 3. The molecule has 0 aromatic carbocycles. The predicted molar refractivity (Wildman–Crippen MR) is 281 cm³/mol. The number of esters is 2. The lowest BCUT2D eigenvalue weighted by molar-refractivity contribution is -0.161. The SMILES string of the molecule is CC/C=C\C/C=C\C/C=C\C/C=C\CCCCCCC(=O)O[C@H](COC(=O)CCC/C=C/C=C\C(O)C/C=C\C/C=C\CCCCC)COP(=O)(O)OP(=O)(O)OC[C@H]1O[C@@H](n2ccc(N)nc2=O)[C@H](O)[C@@H]1O. The Morgan fingerprint density at radius 1 is 0.740 bits per heavy atom. The number of nitrogens with zero attached hydrogens (tertiary/aromatic N) is 2. The van der Waals surface area contributed by atoms with Crippen LogP contribution in [0.2, 0.25) is 0 Å². The van der Waals surface area contributed by atoms with Gasteiger partial charge in [-0.2, -0.15) is 9.29 Å². The maximum absolute atomic E-state index is 12.9. The van der Waals surface area contributed by atoms with Crippen LogP contribution in [-0.4, -0.2) is 96.9 Å². The van der Waals surface area contributed by atoms with Crippen molar-refractivity contribution in [2.24, 2.45) is 0 Å². The minimum absolute atomic E-state index is 0.0130. The number of aromatic nitrogens is 2. The zero-order valence-corrected chi connectivity index (χ0v) is 44.3. The lowest BCUT2D eigenvalue weighted by Crippen LogP contribution is -2.36. The first kappa shape index (κ1) is 64.8. The summed E-state index contributed by atoms with van der Waals surface area (Å²) < 4.78 is 56.6. The molecule has 2 heterocycles. The van der Waals surface area contributed by atoms with E-state index in [4.69, 9.17) is 29.0 Å². The van der Waals surface area contributed by atoms with Crippen LogP contribution in [0.1, 0.15) is 142 Å². The largest absolute Gasteiger partial charge is 0.481 e. The summed E-state index contributed by atoms with van der Waals surface area (Å²) in [6, 6.07) is 1.24. The van der Waals surface area contributed by atoms with Gasteiger partial charge >= 0.3 is 33.3 Å². The van der Waals surface area contributed by atoms with Crippen LogP contribution in [0.3, 0.4) is 0 Å². The molecule has 3 unspecified atom stereocenters. The second-order valence-electron chi connectivity index (χ2n) is 17.1. The van der Waals surface area contributed by atoms with E-state index in [1.54, 1.807) is 18.2 Å². The monoisotopic (exact) mass is 1070 g/mol. The number of aliphatic hydroxyl groups excluding tert-OH is 3. The number of nitrogens with two attached hydrogens (primary N) is 1. The molecule has 8 atom stereocenters. The first-order valence-electron chi connectivity index (χ1n) is 25.4. The molecule has 0 radical (unpaired) electrons. The summed E-state index contributed by atoms with van der Waals surface area (Å²) >= 11 is 0. The third kappa shape index (κ3) is 31.9. The normalized spacial score (nSPS) is 20.2. The molecule has 0 bridgehead atoms. The fourth-order valence-corrected chi connectivity index (χ4v) is 8.90. The van der Waals surface area contributed by atoms with Crippen LogP contribution in [0.5, 0.6) is 0 Å². The van der Waals surface area contributed by atoms with Crippen LogP contribution in [0, 0.1) is 0 Å². The maximum atomic E-state index is 12.9. The highest BCUT2D eigenvalue weighted by molar-refractivity contribution is 7.61. The van der Waals surface area contributed by atoms with Crippen molar-refractivity contribution in [3.05, 3.63) is 120 Å². The summed E-state index contributed by atoms with van der Waals surface area (Å²) in [5, 5.41) is 31.1. The summed E-state index contributed by atoms with van der Waals surface area (Å²) in [5.41, 5.74) is 4.57. The van der Waals surface area contributed by atoms with Gasteiger partial charge in [0, 0.05) is 19.0 Å². The van der Waals surface area contributed by atoms with Crippen LogP contribution in [-0.2, 0) is 46.3 Å². The Morgan fingerprint density at radius 3 is 1.99 bits per heavy atom. The van der Waals surface area contributed by atoms with Gasteiger partial charge in [0.05, 0.1) is 19.3 Å². The van der Waals surface area contributed by atoms with Gasteiger partial charge in [0.25, 0.3) is 0 Å². The minimum Gasteiger partial charge on any atom is -0.462 e. The van der Waals surface area contributed by atoms with Crippen molar-refractivity contribution in [2.45, 2.75) is 173 Å². The molecule has 0 aliphatic carbocycles. The third-order valence-electron chi connectivity index (χ3n) is 10.7. The number of hydrogen-bond acceptors (Lipinski definition) is 16. The molecular formula is C52H81N3O16P2. The molecule has 1 fully saturated rings. The van der Waals surface area contributed by atoms with Crippen LogP contribution in [0.15, 0.2) is 114 Å². The zero-order chi connectivity index (χ0) is 53.6. The van der Waals surface area contributed by atoms with Gasteiger partial charge in [-0.1, -0.05) is 137 Å². The average Bonchev–Trinajstić information content (AvgIpc) is 3.62. The molecular weight excluding hydrogens is 985 g/mol. The van der Waals surface area contributed by atoms with Crippen molar-refractivity contribution in [3.8, 4) is 0 Å². The highest BCUT2D eigenvalue weighted by Gasteiger charge is 2.46. The Balaban J connectivity index is 1.87. The van der Waals surface area contributed by atoms with Crippen LogP contribution in [0.4, 0.5) is 5.82 Å². The van der Waals surface area contributed by atoms with Gasteiger partial charge in [-0.15, -0.1) is 0 Å². The lowest BCUT2D eigenvalue weighted by Gasteiger charge is -2.21. The van der Waals surface area contributed by atoms with E-state index in [-0.39, 0.29) is 18.7 Å². The summed E-state index contributed by atoms with van der Waals surface area (Å²) in [7, 11) is -10.9. The number of phosphoric acid groups is 2. The summed E-state index contributed by atoms with van der Waals surface area (Å²) in [6.07, 6.45) is 39.4. The number of anilines is 1.